The molecule has 0 bridgehead atoms. The van der Waals surface area contributed by atoms with Crippen LogP contribution in [-0.4, -0.2) is 39.6 Å². The Bertz CT molecular complexity index is 1220. The van der Waals surface area contributed by atoms with Gasteiger partial charge in [-0.2, -0.15) is 11.8 Å². The Balaban J connectivity index is 1.15. The molecule has 7 fully saturated rings. The Kier molecular flexibility index (Phi) is 6.60. The van der Waals surface area contributed by atoms with Crippen LogP contribution in [0.1, 0.15) is 90.9 Å². The molecule has 2 nitrogen and oxygen atoms in total. The van der Waals surface area contributed by atoms with E-state index in [1.807, 2.05) is 0 Å². The van der Waals surface area contributed by atoms with Gasteiger partial charge in [0.25, 0.3) is 0 Å². The van der Waals surface area contributed by atoms with Crippen LogP contribution in [0.3, 0.4) is 0 Å². The predicted molar refractivity (Wildman–Crippen MR) is 177 cm³/mol. The molecular formula is C39H52N2S. The summed E-state index contributed by atoms with van der Waals surface area (Å²) in [6.07, 6.45) is 17.7. The van der Waals surface area contributed by atoms with Crippen molar-refractivity contribution in [1.29, 1.82) is 0 Å². The lowest BCUT2D eigenvalue weighted by molar-refractivity contribution is 0.0107. The van der Waals surface area contributed by atoms with E-state index in [0.29, 0.717) is 11.5 Å². The first-order valence-electron chi connectivity index (χ1n) is 17.9. The van der Waals surface area contributed by atoms with E-state index in [-0.39, 0.29) is 0 Å². The molecule has 2 saturated heterocycles. The molecule has 0 amide bonds. The number of hydrogen-bond acceptors (Lipinski definition) is 3. The number of para-hydroxylation sites is 2. The van der Waals surface area contributed by atoms with Crippen LogP contribution in [0.25, 0.3) is 0 Å². The molecule has 5 saturated carbocycles. The smallest absolute Gasteiger partial charge is 0.0413 e. The van der Waals surface area contributed by atoms with E-state index in [4.69, 9.17) is 0 Å². The standard InChI is InChI=1S/C39H52N2S/c1-39(2)31-18-10-9-17-28(31)29-21-22-33-36(37(29)39)30-23-27(24-35-38(30)41(33)32-19-11-12-20-34(32)42-35)40(25-13-5-3-6-14-25)26-15-7-4-8-16-26/h3-8,13-16,27-38H,9-12,17-24H2,1-2H3. The molecule has 2 aromatic carbocycles. The summed E-state index contributed by atoms with van der Waals surface area (Å²) in [6, 6.07) is 26.0. The van der Waals surface area contributed by atoms with Gasteiger partial charge in [0.15, 0.2) is 0 Å². The summed E-state index contributed by atoms with van der Waals surface area (Å²) in [5, 5.41) is 1.66. The van der Waals surface area contributed by atoms with Gasteiger partial charge in [0.1, 0.15) is 0 Å². The second kappa shape index (κ2) is 10.3. The quantitative estimate of drug-likeness (QED) is 0.357. The molecule has 2 aliphatic heterocycles. The highest BCUT2D eigenvalue weighted by molar-refractivity contribution is 8.00. The van der Waals surface area contributed by atoms with E-state index in [1.165, 1.54) is 88.4 Å². The van der Waals surface area contributed by atoms with Crippen LogP contribution in [0.2, 0.25) is 0 Å². The van der Waals surface area contributed by atoms with Gasteiger partial charge in [0, 0.05) is 46.0 Å². The predicted octanol–water partition coefficient (Wildman–Crippen LogP) is 9.57. The first-order chi connectivity index (χ1) is 20.6. The van der Waals surface area contributed by atoms with Crippen molar-refractivity contribution < 1.29 is 0 Å². The topological polar surface area (TPSA) is 6.48 Å². The Morgan fingerprint density at radius 2 is 1.36 bits per heavy atom. The fraction of sp³-hybridized carbons (Fsp3) is 0.692. The minimum Gasteiger partial charge on any atom is -0.338 e. The van der Waals surface area contributed by atoms with E-state index >= 15 is 0 Å². The molecule has 5 aliphatic carbocycles. The lowest BCUT2D eigenvalue weighted by atomic mass is 9.58. The minimum absolute atomic E-state index is 0.508. The third-order valence-electron chi connectivity index (χ3n) is 14.2. The molecule has 0 N–H and O–H groups in total. The molecule has 42 heavy (non-hydrogen) atoms. The van der Waals surface area contributed by atoms with Crippen molar-refractivity contribution in [3.63, 3.8) is 0 Å². The maximum Gasteiger partial charge on any atom is 0.0413 e. The maximum absolute atomic E-state index is 3.31. The third-order valence-corrected chi connectivity index (χ3v) is 15.9. The Morgan fingerprint density at radius 1 is 0.667 bits per heavy atom. The molecule has 2 heterocycles. The summed E-state index contributed by atoms with van der Waals surface area (Å²) < 4.78 is 0. The van der Waals surface area contributed by atoms with Crippen molar-refractivity contribution in [3.05, 3.63) is 60.7 Å². The molecule has 3 heteroatoms. The highest BCUT2D eigenvalue weighted by Gasteiger charge is 2.68. The number of anilines is 2. The molecule has 9 rings (SSSR count). The fourth-order valence-corrected chi connectivity index (χ4v) is 15.2. The van der Waals surface area contributed by atoms with Crippen molar-refractivity contribution in [2.45, 2.75) is 126 Å². The number of thioether (sulfide) groups is 1. The minimum atomic E-state index is 0.508. The van der Waals surface area contributed by atoms with E-state index in [2.05, 4.69) is 96.1 Å². The van der Waals surface area contributed by atoms with Crippen LogP contribution in [0.4, 0.5) is 11.4 Å². The monoisotopic (exact) mass is 580 g/mol. The zero-order valence-electron chi connectivity index (χ0n) is 26.0. The molecule has 0 aromatic heterocycles. The summed E-state index contributed by atoms with van der Waals surface area (Å²) >= 11 is 2.48. The van der Waals surface area contributed by atoms with E-state index in [9.17, 15) is 0 Å². The van der Waals surface area contributed by atoms with Crippen LogP contribution >= 0.6 is 11.8 Å². The van der Waals surface area contributed by atoms with Crippen LogP contribution in [0, 0.1) is 40.9 Å². The maximum atomic E-state index is 3.31. The summed E-state index contributed by atoms with van der Waals surface area (Å²) in [4.78, 5) is 6.08. The zero-order chi connectivity index (χ0) is 28.0. The van der Waals surface area contributed by atoms with Gasteiger partial charge in [-0.25, -0.2) is 0 Å². The second-order valence-electron chi connectivity index (χ2n) is 16.1. The first kappa shape index (κ1) is 26.9. The average molecular weight is 581 g/mol. The number of hydrogen-bond donors (Lipinski definition) is 0. The highest BCUT2D eigenvalue weighted by Crippen LogP contribution is 2.70. The molecule has 2 aromatic rings. The van der Waals surface area contributed by atoms with Crippen molar-refractivity contribution in [2.24, 2.45) is 40.9 Å². The zero-order valence-corrected chi connectivity index (χ0v) is 26.8. The Labute approximate surface area is 259 Å². The van der Waals surface area contributed by atoms with Crippen LogP contribution in [-0.2, 0) is 0 Å². The van der Waals surface area contributed by atoms with Crippen molar-refractivity contribution in [3.8, 4) is 0 Å². The van der Waals surface area contributed by atoms with Crippen molar-refractivity contribution in [2.75, 3.05) is 4.90 Å². The van der Waals surface area contributed by atoms with Crippen LogP contribution < -0.4 is 4.90 Å². The van der Waals surface area contributed by atoms with E-state index in [1.54, 1.807) is 0 Å². The average Bonchev–Trinajstić information content (AvgIpc) is 3.48. The summed E-state index contributed by atoms with van der Waals surface area (Å²) in [6.45, 7) is 5.52. The van der Waals surface area contributed by atoms with Crippen LogP contribution in [0.15, 0.2) is 60.7 Å². The third kappa shape index (κ3) is 3.93. The van der Waals surface area contributed by atoms with Gasteiger partial charge in [-0.05, 0) is 117 Å². The largest absolute Gasteiger partial charge is 0.338 e. The van der Waals surface area contributed by atoms with Crippen LogP contribution in [0.5, 0.6) is 0 Å². The van der Waals surface area contributed by atoms with Gasteiger partial charge in [0.05, 0.1) is 0 Å². The van der Waals surface area contributed by atoms with Gasteiger partial charge >= 0.3 is 0 Å². The SMILES string of the molecule is CC1(C)C2CCCCC2C2CCC3C(C4CC(N(c5ccccc5)c5ccccc5)CC5SC6CCCCC6N3C54)C21. The summed E-state index contributed by atoms with van der Waals surface area (Å²) in [7, 11) is 0. The fourth-order valence-electron chi connectivity index (χ4n) is 13.1. The number of nitrogens with zero attached hydrogens (tertiary/aromatic N) is 2. The van der Waals surface area contributed by atoms with Gasteiger partial charge in [-0.1, -0.05) is 75.9 Å². The second-order valence-corrected chi connectivity index (χ2v) is 17.6. The van der Waals surface area contributed by atoms with Crippen molar-refractivity contribution >= 4 is 23.1 Å². The normalized spacial score (nSPS) is 45.2. The van der Waals surface area contributed by atoms with Gasteiger partial charge in [-0.3, -0.25) is 4.90 Å². The molecule has 0 radical (unpaired) electrons. The molecule has 7 aliphatic rings. The van der Waals surface area contributed by atoms with E-state index < -0.39 is 0 Å². The molecular weight excluding hydrogens is 529 g/mol. The number of rotatable bonds is 3. The summed E-state index contributed by atoms with van der Waals surface area (Å²) in [5.74, 6) is 5.71. The van der Waals surface area contributed by atoms with Crippen molar-refractivity contribution in [1.82, 2.24) is 4.90 Å². The molecule has 224 valence electrons. The van der Waals surface area contributed by atoms with Gasteiger partial charge in [0.2, 0.25) is 0 Å². The highest BCUT2D eigenvalue weighted by atomic mass is 32.2. The molecule has 12 atom stereocenters. The van der Waals surface area contributed by atoms with E-state index in [0.717, 1.165) is 64.1 Å². The number of fused-ring (bicyclic) bond motifs is 9. The molecule has 12 unspecified atom stereocenters. The van der Waals surface area contributed by atoms with Gasteiger partial charge in [-0.15, -0.1) is 0 Å². The lowest BCUT2D eigenvalue weighted by Crippen LogP contribution is -2.61. The first-order valence-corrected chi connectivity index (χ1v) is 18.9. The Hall–Kier alpha value is -1.45. The van der Waals surface area contributed by atoms with Gasteiger partial charge < -0.3 is 4.90 Å². The summed E-state index contributed by atoms with van der Waals surface area (Å²) in [5.41, 5.74) is 3.29. The molecule has 0 spiro atoms. The Morgan fingerprint density at radius 3 is 2.12 bits per heavy atom. The lowest BCUT2D eigenvalue weighted by Gasteiger charge is -2.55. The number of benzene rings is 2.